The largest absolute Gasteiger partial charge is 2.00 e. The molecule has 0 aliphatic heterocycles. The first-order valence-corrected chi connectivity index (χ1v) is 8.39. The minimum atomic E-state index is -2.61. The van der Waals surface area contributed by atoms with Crippen molar-refractivity contribution >= 4 is 54.2 Å². The monoisotopic (exact) mass is 336 g/mol. The first-order valence-electron chi connectivity index (χ1n) is 6.20. The van der Waals surface area contributed by atoms with Crippen LogP contribution >= 0.6 is 16.5 Å². The molecule has 9 heteroatoms. The molecule has 19 heavy (non-hydrogen) atoms. The predicted molar refractivity (Wildman–Crippen MR) is 67.6 cm³/mol. The average molecular weight is 336 g/mol. The van der Waals surface area contributed by atoms with Gasteiger partial charge in [0.15, 0.2) is 0 Å². The summed E-state index contributed by atoms with van der Waals surface area (Å²) >= 11 is 0. The molecule has 2 unspecified atom stereocenters. The van der Waals surface area contributed by atoms with Crippen LogP contribution in [0.25, 0.3) is 0 Å². The van der Waals surface area contributed by atoms with Crippen LogP contribution in [0.1, 0.15) is 51.4 Å². The van der Waals surface area contributed by atoms with E-state index in [0.29, 0.717) is 0 Å². The maximum absolute atomic E-state index is 9.97. The summed E-state index contributed by atoms with van der Waals surface area (Å²) in [6, 6.07) is 0. The van der Waals surface area contributed by atoms with E-state index in [9.17, 15) is 18.9 Å². The van der Waals surface area contributed by atoms with Crippen LogP contribution in [0.2, 0.25) is 0 Å². The minimum Gasteiger partial charge on any atom is -0.566 e. The fourth-order valence-corrected chi connectivity index (χ4v) is 3.14. The molecular formula is C10H18CaO6P2+2. The maximum atomic E-state index is 9.97. The van der Waals surface area contributed by atoms with E-state index >= 15 is 0 Å². The van der Waals surface area contributed by atoms with E-state index in [1.165, 1.54) is 0 Å². The second-order valence-electron chi connectivity index (χ2n) is 4.47. The van der Waals surface area contributed by atoms with Gasteiger partial charge in [0.05, 0.1) is 0 Å². The molecular weight excluding hydrogens is 318 g/mol. The van der Waals surface area contributed by atoms with Crippen molar-refractivity contribution in [2.45, 2.75) is 63.6 Å². The van der Waals surface area contributed by atoms with Crippen LogP contribution in [-0.4, -0.2) is 49.9 Å². The van der Waals surface area contributed by atoms with E-state index in [1.807, 2.05) is 0 Å². The number of rotatable bonds is 4. The van der Waals surface area contributed by atoms with Crippen LogP contribution in [0.4, 0.5) is 0 Å². The summed E-state index contributed by atoms with van der Waals surface area (Å²) in [6.07, 6.45) is 8.03. The summed E-state index contributed by atoms with van der Waals surface area (Å²) in [5, 5.41) is 0. The van der Waals surface area contributed by atoms with Gasteiger partial charge in [-0.1, -0.05) is 25.7 Å². The Kier molecular flexibility index (Phi) is 12.7. The third kappa shape index (κ3) is 10.6. The van der Waals surface area contributed by atoms with Crippen molar-refractivity contribution in [3.8, 4) is 0 Å². The van der Waals surface area contributed by atoms with Crippen LogP contribution in [0.5, 0.6) is 0 Å². The topological polar surface area (TPSA) is 98.7 Å². The van der Waals surface area contributed by atoms with Gasteiger partial charge in [0.2, 0.25) is 0 Å². The van der Waals surface area contributed by atoms with Gasteiger partial charge in [-0.15, -0.1) is 9.05 Å². The average Bonchev–Trinajstić information content (AvgIpc) is 2.90. The molecule has 2 saturated carbocycles. The molecule has 0 aromatic heterocycles. The molecule has 2 atom stereocenters. The molecule has 0 heterocycles. The van der Waals surface area contributed by atoms with Crippen molar-refractivity contribution in [1.29, 1.82) is 0 Å². The second kappa shape index (κ2) is 11.9. The van der Waals surface area contributed by atoms with E-state index in [0.717, 1.165) is 51.4 Å². The normalized spacial score (nSPS) is 21.4. The van der Waals surface area contributed by atoms with Crippen LogP contribution in [0.15, 0.2) is 0 Å². The molecule has 0 saturated heterocycles. The summed E-state index contributed by atoms with van der Waals surface area (Å²) in [4.78, 5) is 19.9. The Bertz CT molecular complexity index is 251. The van der Waals surface area contributed by atoms with E-state index < -0.39 is 16.5 Å². The third-order valence-corrected chi connectivity index (χ3v) is 4.02. The molecule has 2 aliphatic rings. The number of hydrogen-bond donors (Lipinski definition) is 0. The second-order valence-corrected chi connectivity index (χ2v) is 5.79. The molecule has 2 fully saturated rings. The van der Waals surface area contributed by atoms with Crippen molar-refractivity contribution in [2.75, 3.05) is 0 Å². The Hall–Kier alpha value is 1.30. The van der Waals surface area contributed by atoms with Crippen molar-refractivity contribution in [1.82, 2.24) is 0 Å². The summed E-state index contributed by atoms with van der Waals surface area (Å²) in [7, 11) is -5.22. The third-order valence-electron chi connectivity index (χ3n) is 3.07. The fourth-order valence-electron chi connectivity index (χ4n) is 2.23. The molecule has 0 bridgehead atoms. The van der Waals surface area contributed by atoms with Gasteiger partial charge in [-0.3, -0.25) is 0 Å². The van der Waals surface area contributed by atoms with Gasteiger partial charge in [0, 0.05) is 0 Å². The molecule has 2 aliphatic carbocycles. The Labute approximate surface area is 145 Å². The van der Waals surface area contributed by atoms with Crippen LogP contribution in [0.3, 0.4) is 0 Å². The first kappa shape index (κ1) is 20.3. The Balaban J connectivity index is 0.000000324. The summed E-state index contributed by atoms with van der Waals surface area (Å²) in [5.41, 5.74) is 0. The van der Waals surface area contributed by atoms with E-state index in [-0.39, 0.29) is 49.9 Å². The summed E-state index contributed by atoms with van der Waals surface area (Å²) in [6.45, 7) is 0. The fraction of sp³-hybridized carbons (Fsp3) is 1.00. The maximum Gasteiger partial charge on any atom is 2.00 e. The molecule has 0 amide bonds. The van der Waals surface area contributed by atoms with Gasteiger partial charge in [0.25, 0.3) is 0 Å². The van der Waals surface area contributed by atoms with E-state index in [2.05, 4.69) is 9.05 Å². The Morgan fingerprint density at radius 1 is 0.737 bits per heavy atom. The molecule has 6 nitrogen and oxygen atoms in total. The van der Waals surface area contributed by atoms with Gasteiger partial charge >= 0.3 is 54.2 Å². The van der Waals surface area contributed by atoms with Crippen molar-refractivity contribution < 1.29 is 28.0 Å². The molecule has 0 radical (unpaired) electrons. The minimum absolute atomic E-state index is 0. The molecule has 0 spiro atoms. The quantitative estimate of drug-likeness (QED) is 0.570. The smallest absolute Gasteiger partial charge is 0.566 e. The molecule has 0 aromatic carbocycles. The molecule has 0 N–H and O–H groups in total. The number of hydrogen-bond acceptors (Lipinski definition) is 6. The van der Waals surface area contributed by atoms with E-state index in [4.69, 9.17) is 0 Å². The van der Waals surface area contributed by atoms with Gasteiger partial charge < -0.3 is 9.79 Å². The van der Waals surface area contributed by atoms with Gasteiger partial charge in [-0.05, 0) is 34.8 Å². The van der Waals surface area contributed by atoms with Gasteiger partial charge in [0.1, 0.15) is 12.2 Å². The Morgan fingerprint density at radius 2 is 1.00 bits per heavy atom. The zero-order valence-corrected chi connectivity index (χ0v) is 14.9. The SMILES string of the molecule is O=[P+]([O-])OC1CCCC1.O=[P+]([O-])OC1CCCC1.[Ca+2]. The van der Waals surface area contributed by atoms with Crippen molar-refractivity contribution in [2.24, 2.45) is 0 Å². The standard InChI is InChI=1S/2C5H9O3P.Ca/c2*6-9(7)8-5-3-1-2-4-5;/h2*5H,1-4H2;/q;;+2. The van der Waals surface area contributed by atoms with Gasteiger partial charge in [-0.2, -0.15) is 0 Å². The zero-order chi connectivity index (χ0) is 13.4. The van der Waals surface area contributed by atoms with Crippen LogP contribution < -0.4 is 9.79 Å². The molecule has 2 rings (SSSR count). The first-order chi connectivity index (χ1) is 8.58. The van der Waals surface area contributed by atoms with Crippen molar-refractivity contribution in [3.05, 3.63) is 0 Å². The zero-order valence-electron chi connectivity index (χ0n) is 10.9. The predicted octanol–water partition coefficient (Wildman–Crippen LogP) is 1.55. The van der Waals surface area contributed by atoms with Crippen molar-refractivity contribution in [3.63, 3.8) is 0 Å². The Morgan fingerprint density at radius 3 is 1.21 bits per heavy atom. The van der Waals surface area contributed by atoms with E-state index in [1.54, 1.807) is 0 Å². The van der Waals surface area contributed by atoms with Crippen LogP contribution in [-0.2, 0) is 18.2 Å². The van der Waals surface area contributed by atoms with Gasteiger partial charge in [-0.25, -0.2) is 0 Å². The molecule has 104 valence electrons. The summed E-state index contributed by atoms with van der Waals surface area (Å²) in [5.74, 6) is 0. The summed E-state index contributed by atoms with van der Waals surface area (Å²) < 4.78 is 29.1. The molecule has 0 aromatic rings. The van der Waals surface area contributed by atoms with Crippen LogP contribution in [0, 0.1) is 0 Å².